The van der Waals surface area contributed by atoms with Crippen molar-refractivity contribution in [3.05, 3.63) is 36.0 Å². The second-order valence-corrected chi connectivity index (χ2v) is 10.1. The zero-order valence-electron chi connectivity index (χ0n) is 19.3. The van der Waals surface area contributed by atoms with Gasteiger partial charge in [-0.1, -0.05) is 17.9 Å². The monoisotopic (exact) mass is 479 g/mol. The summed E-state index contributed by atoms with van der Waals surface area (Å²) in [5.74, 6) is 1.10. The number of aliphatic hydroxyl groups excluding tert-OH is 1. The normalized spacial score (nSPS) is 15.2. The van der Waals surface area contributed by atoms with E-state index in [2.05, 4.69) is 56.0 Å². The molecule has 0 unspecified atom stereocenters. The van der Waals surface area contributed by atoms with E-state index in [1.54, 1.807) is 17.5 Å². The number of fused-ring (bicyclic) bond motifs is 1. The van der Waals surface area contributed by atoms with Crippen LogP contribution in [0, 0.1) is 5.41 Å². The number of nitrogens with one attached hydrogen (secondary N) is 3. The van der Waals surface area contributed by atoms with Crippen LogP contribution in [0.1, 0.15) is 39.5 Å². The van der Waals surface area contributed by atoms with Crippen LogP contribution >= 0.6 is 11.3 Å². The standard InChI is InChI=1S/C24H29N7O2S/c1-15(2)28-19-10-21(29-16-5-6-18-20(9-16)34-14-27-18)25-11-17(19)22-30-31-23(33-22)26-12-24(13-32)7-3-4-8-24/h5-6,9-11,14-15,32H,3-4,7-8,12-13H2,1-2H3,(H,26,31)(H2,25,28,29). The molecule has 34 heavy (non-hydrogen) atoms. The van der Waals surface area contributed by atoms with E-state index in [1.807, 2.05) is 23.7 Å². The smallest absolute Gasteiger partial charge is 0.315 e. The highest BCUT2D eigenvalue weighted by Gasteiger charge is 2.33. The molecule has 9 nitrogen and oxygen atoms in total. The van der Waals surface area contributed by atoms with Crippen LogP contribution in [0.2, 0.25) is 0 Å². The Morgan fingerprint density at radius 2 is 2.00 bits per heavy atom. The summed E-state index contributed by atoms with van der Waals surface area (Å²) in [6.45, 7) is 4.93. The third-order valence-corrected chi connectivity index (χ3v) is 7.01. The highest BCUT2D eigenvalue weighted by Crippen LogP contribution is 2.38. The summed E-state index contributed by atoms with van der Waals surface area (Å²) in [6.07, 6.45) is 6.04. The van der Waals surface area contributed by atoms with Gasteiger partial charge >= 0.3 is 6.01 Å². The molecule has 0 atom stereocenters. The van der Waals surface area contributed by atoms with Crippen molar-refractivity contribution in [1.82, 2.24) is 20.2 Å². The molecular formula is C24H29N7O2S. The van der Waals surface area contributed by atoms with E-state index >= 15 is 0 Å². The largest absolute Gasteiger partial charge is 0.403 e. The van der Waals surface area contributed by atoms with Gasteiger partial charge in [0.15, 0.2) is 0 Å². The summed E-state index contributed by atoms with van der Waals surface area (Å²) in [5.41, 5.74) is 5.26. The van der Waals surface area contributed by atoms with E-state index in [0.717, 1.165) is 52.8 Å². The molecule has 1 fully saturated rings. The van der Waals surface area contributed by atoms with Crippen LogP contribution in [0.4, 0.5) is 23.2 Å². The second kappa shape index (κ2) is 9.55. The first-order valence-electron chi connectivity index (χ1n) is 11.6. The third-order valence-electron chi connectivity index (χ3n) is 6.22. The number of nitrogens with zero attached hydrogens (tertiary/aromatic N) is 4. The van der Waals surface area contributed by atoms with Crippen LogP contribution < -0.4 is 16.0 Å². The zero-order valence-corrected chi connectivity index (χ0v) is 20.2. The van der Waals surface area contributed by atoms with Crippen molar-refractivity contribution in [1.29, 1.82) is 0 Å². The van der Waals surface area contributed by atoms with Gasteiger partial charge in [-0.15, -0.1) is 16.4 Å². The fraction of sp³-hybridized carbons (Fsp3) is 0.417. The van der Waals surface area contributed by atoms with Crippen LogP contribution in [-0.2, 0) is 0 Å². The molecule has 1 saturated carbocycles. The number of anilines is 4. The fourth-order valence-electron chi connectivity index (χ4n) is 4.39. The molecule has 3 aromatic heterocycles. The van der Waals surface area contributed by atoms with Gasteiger partial charge in [0.05, 0.1) is 33.6 Å². The summed E-state index contributed by atoms with van der Waals surface area (Å²) in [4.78, 5) is 8.91. The minimum Gasteiger partial charge on any atom is -0.403 e. The minimum atomic E-state index is -0.101. The predicted octanol–water partition coefficient (Wildman–Crippen LogP) is 5.27. The van der Waals surface area contributed by atoms with Crippen molar-refractivity contribution >= 4 is 44.8 Å². The third kappa shape index (κ3) is 4.83. The average molecular weight is 480 g/mol. The van der Waals surface area contributed by atoms with E-state index in [4.69, 9.17) is 4.42 Å². The van der Waals surface area contributed by atoms with E-state index in [0.29, 0.717) is 24.3 Å². The molecule has 10 heteroatoms. The first-order chi connectivity index (χ1) is 16.5. The van der Waals surface area contributed by atoms with Crippen molar-refractivity contribution in [2.75, 3.05) is 29.1 Å². The summed E-state index contributed by atoms with van der Waals surface area (Å²) in [6, 6.07) is 8.56. The van der Waals surface area contributed by atoms with Crippen LogP contribution in [0.25, 0.3) is 21.7 Å². The Bertz CT molecular complexity index is 1260. The minimum absolute atomic E-state index is 0.101. The molecule has 4 N–H and O–H groups in total. The molecule has 0 aliphatic heterocycles. The lowest BCUT2D eigenvalue weighted by Crippen LogP contribution is -2.30. The lowest BCUT2D eigenvalue weighted by atomic mass is 9.87. The van der Waals surface area contributed by atoms with Gasteiger partial charge in [-0.3, -0.25) is 0 Å². The van der Waals surface area contributed by atoms with Crippen molar-refractivity contribution in [3.63, 3.8) is 0 Å². The summed E-state index contributed by atoms with van der Waals surface area (Å²) in [5, 5.41) is 28.3. The summed E-state index contributed by atoms with van der Waals surface area (Å²) >= 11 is 1.61. The topological polar surface area (TPSA) is 121 Å². The molecule has 0 amide bonds. The Morgan fingerprint density at radius 3 is 2.79 bits per heavy atom. The molecule has 1 aliphatic carbocycles. The van der Waals surface area contributed by atoms with Gasteiger partial charge < -0.3 is 25.5 Å². The molecule has 0 saturated heterocycles. The maximum Gasteiger partial charge on any atom is 0.315 e. The van der Waals surface area contributed by atoms with Crippen molar-refractivity contribution in [2.24, 2.45) is 5.41 Å². The Balaban J connectivity index is 1.35. The molecular weight excluding hydrogens is 450 g/mol. The number of hydrogen-bond donors (Lipinski definition) is 4. The number of aliphatic hydroxyl groups is 1. The van der Waals surface area contributed by atoms with Crippen LogP contribution in [0.15, 0.2) is 40.4 Å². The van der Waals surface area contributed by atoms with Gasteiger partial charge in [-0.25, -0.2) is 9.97 Å². The van der Waals surface area contributed by atoms with Crippen LogP contribution in [-0.4, -0.2) is 44.5 Å². The van der Waals surface area contributed by atoms with Gasteiger partial charge in [0, 0.05) is 36.0 Å². The number of rotatable bonds is 9. The Morgan fingerprint density at radius 1 is 1.15 bits per heavy atom. The van der Waals surface area contributed by atoms with E-state index < -0.39 is 0 Å². The lowest BCUT2D eigenvalue weighted by Gasteiger charge is -2.25. The molecule has 1 aliphatic rings. The maximum absolute atomic E-state index is 9.84. The van der Waals surface area contributed by atoms with Gasteiger partial charge in [-0.05, 0) is 44.9 Å². The maximum atomic E-state index is 9.84. The average Bonchev–Trinajstić information content (AvgIpc) is 3.58. The molecule has 3 heterocycles. The Labute approximate surface area is 202 Å². The molecule has 0 bridgehead atoms. The first kappa shape index (κ1) is 22.5. The number of hydrogen-bond acceptors (Lipinski definition) is 10. The lowest BCUT2D eigenvalue weighted by molar-refractivity contribution is 0.142. The van der Waals surface area contributed by atoms with Crippen molar-refractivity contribution < 1.29 is 9.52 Å². The molecule has 0 spiro atoms. The number of benzene rings is 1. The molecule has 178 valence electrons. The summed E-state index contributed by atoms with van der Waals surface area (Å²) in [7, 11) is 0. The Kier molecular flexibility index (Phi) is 6.34. The fourth-order valence-corrected chi connectivity index (χ4v) is 5.10. The predicted molar refractivity (Wildman–Crippen MR) is 136 cm³/mol. The highest BCUT2D eigenvalue weighted by atomic mass is 32.1. The molecule has 1 aromatic carbocycles. The van der Waals surface area contributed by atoms with Gasteiger partial charge in [0.2, 0.25) is 0 Å². The van der Waals surface area contributed by atoms with Crippen molar-refractivity contribution in [3.8, 4) is 11.5 Å². The van der Waals surface area contributed by atoms with E-state index in [1.165, 1.54) is 0 Å². The number of thiazole rings is 1. The van der Waals surface area contributed by atoms with Gasteiger partial charge in [-0.2, -0.15) is 0 Å². The molecule has 4 aromatic rings. The van der Waals surface area contributed by atoms with Crippen LogP contribution in [0.5, 0.6) is 0 Å². The quantitative estimate of drug-likeness (QED) is 0.254. The van der Waals surface area contributed by atoms with Gasteiger partial charge in [0.1, 0.15) is 5.82 Å². The zero-order chi connectivity index (χ0) is 23.5. The Hall–Kier alpha value is -3.24. The number of aromatic nitrogens is 4. The van der Waals surface area contributed by atoms with Gasteiger partial charge in [0.25, 0.3) is 5.89 Å². The van der Waals surface area contributed by atoms with E-state index in [-0.39, 0.29) is 18.1 Å². The number of pyridine rings is 1. The van der Waals surface area contributed by atoms with E-state index in [9.17, 15) is 5.11 Å². The van der Waals surface area contributed by atoms with Crippen molar-refractivity contribution in [2.45, 2.75) is 45.6 Å². The molecule has 5 rings (SSSR count). The van der Waals surface area contributed by atoms with Crippen LogP contribution in [0.3, 0.4) is 0 Å². The molecule has 0 radical (unpaired) electrons. The SMILES string of the molecule is CC(C)Nc1cc(Nc2ccc3ncsc3c2)ncc1-c1nnc(NCC2(CO)CCCC2)o1. The highest BCUT2D eigenvalue weighted by molar-refractivity contribution is 7.16. The summed E-state index contributed by atoms with van der Waals surface area (Å²) < 4.78 is 7.04. The second-order valence-electron chi connectivity index (χ2n) is 9.21. The first-order valence-corrected chi connectivity index (χ1v) is 12.5.